The van der Waals surface area contributed by atoms with Crippen molar-refractivity contribution >= 4 is 17.4 Å². The molecule has 2 nitrogen and oxygen atoms in total. The number of nitrogens with zero attached hydrogens (tertiary/aromatic N) is 1. The maximum absolute atomic E-state index is 12.5. The standard InChI is InChI=1S/C12H14ClF3N2/c13-7-8-2-1-3-10(8)18-11-6-9(4-5-17-11)12(14,15)16/h4-6,8,10H,1-3,7H2,(H,17,18). The topological polar surface area (TPSA) is 24.9 Å². The first-order chi connectivity index (χ1) is 8.50. The number of rotatable bonds is 3. The first-order valence-corrected chi connectivity index (χ1v) is 6.40. The summed E-state index contributed by atoms with van der Waals surface area (Å²) < 4.78 is 37.6. The predicted octanol–water partition coefficient (Wildman–Crippen LogP) is 3.92. The number of anilines is 1. The van der Waals surface area contributed by atoms with Crippen molar-refractivity contribution in [1.82, 2.24) is 4.98 Å². The molecule has 0 aliphatic heterocycles. The van der Waals surface area contributed by atoms with Crippen LogP contribution in [0.3, 0.4) is 0 Å². The van der Waals surface area contributed by atoms with Crippen LogP contribution in [0.2, 0.25) is 0 Å². The van der Waals surface area contributed by atoms with Gasteiger partial charge in [-0.3, -0.25) is 0 Å². The second kappa shape index (κ2) is 5.34. The predicted molar refractivity (Wildman–Crippen MR) is 64.7 cm³/mol. The molecule has 1 saturated carbocycles. The van der Waals surface area contributed by atoms with Gasteiger partial charge in [-0.15, -0.1) is 11.6 Å². The van der Waals surface area contributed by atoms with Gasteiger partial charge in [-0.2, -0.15) is 13.2 Å². The van der Waals surface area contributed by atoms with Gasteiger partial charge in [-0.25, -0.2) is 4.98 Å². The fourth-order valence-corrected chi connectivity index (χ4v) is 2.66. The van der Waals surface area contributed by atoms with Crippen LogP contribution in [0.15, 0.2) is 18.3 Å². The van der Waals surface area contributed by atoms with Crippen molar-refractivity contribution in [3.8, 4) is 0 Å². The largest absolute Gasteiger partial charge is 0.416 e. The third kappa shape index (κ3) is 3.07. The number of hydrogen-bond acceptors (Lipinski definition) is 2. The van der Waals surface area contributed by atoms with Gasteiger partial charge in [0.2, 0.25) is 0 Å². The highest BCUT2D eigenvalue weighted by Gasteiger charge is 2.31. The molecule has 1 fully saturated rings. The summed E-state index contributed by atoms with van der Waals surface area (Å²) in [5, 5.41) is 3.06. The molecule has 0 saturated heterocycles. The summed E-state index contributed by atoms with van der Waals surface area (Å²) >= 11 is 5.83. The summed E-state index contributed by atoms with van der Waals surface area (Å²) in [7, 11) is 0. The highest BCUT2D eigenvalue weighted by molar-refractivity contribution is 6.18. The van der Waals surface area contributed by atoms with Crippen molar-refractivity contribution in [3.63, 3.8) is 0 Å². The highest BCUT2D eigenvalue weighted by atomic mass is 35.5. The van der Waals surface area contributed by atoms with Crippen LogP contribution in [0.5, 0.6) is 0 Å². The third-order valence-corrected chi connectivity index (χ3v) is 3.67. The van der Waals surface area contributed by atoms with Gasteiger partial charge in [0.1, 0.15) is 5.82 Å². The molecule has 18 heavy (non-hydrogen) atoms. The molecule has 1 aliphatic rings. The molecule has 0 aromatic carbocycles. The van der Waals surface area contributed by atoms with Crippen molar-refractivity contribution in [2.45, 2.75) is 31.5 Å². The van der Waals surface area contributed by atoms with Gasteiger partial charge in [-0.05, 0) is 30.9 Å². The van der Waals surface area contributed by atoms with Crippen LogP contribution in [-0.2, 0) is 6.18 Å². The summed E-state index contributed by atoms with van der Waals surface area (Å²) in [5.41, 5.74) is -0.680. The van der Waals surface area contributed by atoms with E-state index in [4.69, 9.17) is 11.6 Å². The SMILES string of the molecule is FC(F)(F)c1ccnc(NC2CCCC2CCl)c1. The van der Waals surface area contributed by atoms with Gasteiger partial charge >= 0.3 is 6.18 Å². The zero-order valence-electron chi connectivity index (χ0n) is 9.67. The van der Waals surface area contributed by atoms with E-state index in [2.05, 4.69) is 10.3 Å². The van der Waals surface area contributed by atoms with E-state index in [0.717, 1.165) is 31.4 Å². The second-order valence-electron chi connectivity index (χ2n) is 4.52. The van der Waals surface area contributed by atoms with Crippen molar-refractivity contribution < 1.29 is 13.2 Å². The molecule has 2 atom stereocenters. The van der Waals surface area contributed by atoms with Crippen LogP contribution in [-0.4, -0.2) is 16.9 Å². The van der Waals surface area contributed by atoms with E-state index in [9.17, 15) is 13.2 Å². The van der Waals surface area contributed by atoms with Crippen LogP contribution in [0.25, 0.3) is 0 Å². The minimum atomic E-state index is -4.33. The second-order valence-corrected chi connectivity index (χ2v) is 4.83. The summed E-state index contributed by atoms with van der Waals surface area (Å²) in [4.78, 5) is 3.93. The molecule has 1 aromatic rings. The Bertz CT molecular complexity index is 409. The molecular formula is C12H14ClF3N2. The lowest BCUT2D eigenvalue weighted by molar-refractivity contribution is -0.137. The Morgan fingerprint density at radius 3 is 2.83 bits per heavy atom. The molecular weight excluding hydrogens is 265 g/mol. The zero-order chi connectivity index (χ0) is 13.2. The molecule has 0 amide bonds. The van der Waals surface area contributed by atoms with Gasteiger partial charge in [0.25, 0.3) is 0 Å². The minimum Gasteiger partial charge on any atom is -0.367 e. The number of nitrogens with one attached hydrogen (secondary N) is 1. The van der Waals surface area contributed by atoms with Gasteiger partial charge in [-0.1, -0.05) is 6.42 Å². The number of pyridine rings is 1. The smallest absolute Gasteiger partial charge is 0.367 e. The highest BCUT2D eigenvalue weighted by Crippen LogP contribution is 2.32. The molecule has 6 heteroatoms. The molecule has 1 aromatic heterocycles. The lowest BCUT2D eigenvalue weighted by Gasteiger charge is -2.20. The summed E-state index contributed by atoms with van der Waals surface area (Å²) in [6.45, 7) is 0. The summed E-state index contributed by atoms with van der Waals surface area (Å²) in [5.74, 6) is 1.10. The number of alkyl halides is 4. The lowest BCUT2D eigenvalue weighted by Crippen LogP contribution is -2.25. The third-order valence-electron chi connectivity index (χ3n) is 3.28. The molecule has 1 aliphatic carbocycles. The molecule has 1 heterocycles. The van der Waals surface area contributed by atoms with Crippen molar-refractivity contribution in [1.29, 1.82) is 0 Å². The lowest BCUT2D eigenvalue weighted by atomic mass is 10.1. The van der Waals surface area contributed by atoms with E-state index < -0.39 is 11.7 Å². The van der Waals surface area contributed by atoms with E-state index in [-0.39, 0.29) is 11.9 Å². The molecule has 1 N–H and O–H groups in total. The molecule has 2 unspecified atom stereocenters. The quantitative estimate of drug-likeness (QED) is 0.848. The number of halogens is 4. The fourth-order valence-electron chi connectivity index (χ4n) is 2.29. The average molecular weight is 279 g/mol. The first-order valence-electron chi connectivity index (χ1n) is 5.86. The fraction of sp³-hybridized carbons (Fsp3) is 0.583. The van der Waals surface area contributed by atoms with Gasteiger partial charge in [0, 0.05) is 18.1 Å². The maximum atomic E-state index is 12.5. The van der Waals surface area contributed by atoms with Gasteiger partial charge < -0.3 is 5.32 Å². The van der Waals surface area contributed by atoms with E-state index in [1.165, 1.54) is 6.20 Å². The Morgan fingerprint density at radius 1 is 1.39 bits per heavy atom. The Balaban J connectivity index is 2.10. The maximum Gasteiger partial charge on any atom is 0.416 e. The van der Waals surface area contributed by atoms with Crippen LogP contribution >= 0.6 is 11.6 Å². The molecule has 0 radical (unpaired) electrons. The first kappa shape index (κ1) is 13.5. The van der Waals surface area contributed by atoms with E-state index in [1.54, 1.807) is 0 Å². The minimum absolute atomic E-state index is 0.124. The molecule has 2 rings (SSSR count). The van der Waals surface area contributed by atoms with Crippen molar-refractivity contribution in [2.24, 2.45) is 5.92 Å². The monoisotopic (exact) mass is 278 g/mol. The molecule has 100 valence electrons. The van der Waals surface area contributed by atoms with E-state index in [0.29, 0.717) is 11.8 Å². The molecule has 0 bridgehead atoms. The van der Waals surface area contributed by atoms with Crippen LogP contribution in [0.4, 0.5) is 19.0 Å². The summed E-state index contributed by atoms with van der Waals surface area (Å²) in [6, 6.07) is 2.14. The number of hydrogen-bond donors (Lipinski definition) is 1. The van der Waals surface area contributed by atoms with Crippen molar-refractivity contribution in [3.05, 3.63) is 23.9 Å². The van der Waals surface area contributed by atoms with Crippen LogP contribution in [0.1, 0.15) is 24.8 Å². The van der Waals surface area contributed by atoms with Gasteiger partial charge in [0.05, 0.1) is 5.56 Å². The van der Waals surface area contributed by atoms with Crippen LogP contribution in [0, 0.1) is 5.92 Å². The van der Waals surface area contributed by atoms with E-state index >= 15 is 0 Å². The zero-order valence-corrected chi connectivity index (χ0v) is 10.4. The Kier molecular flexibility index (Phi) is 4.00. The van der Waals surface area contributed by atoms with Crippen LogP contribution < -0.4 is 5.32 Å². The Morgan fingerprint density at radius 2 is 2.17 bits per heavy atom. The average Bonchev–Trinajstić information content (AvgIpc) is 2.75. The molecule has 0 spiro atoms. The Hall–Kier alpha value is -0.970. The van der Waals surface area contributed by atoms with E-state index in [1.807, 2.05) is 0 Å². The normalized spacial score (nSPS) is 24.2. The van der Waals surface area contributed by atoms with Gasteiger partial charge in [0.15, 0.2) is 0 Å². The Labute approximate surface area is 109 Å². The van der Waals surface area contributed by atoms with Crippen molar-refractivity contribution in [2.75, 3.05) is 11.2 Å². The summed E-state index contributed by atoms with van der Waals surface area (Å²) in [6.07, 6.45) is -0.166. The number of aromatic nitrogens is 1.